The number of nitrogens with zero attached hydrogens (tertiary/aromatic N) is 5. The Balaban J connectivity index is 1.12. The van der Waals surface area contributed by atoms with E-state index in [-0.39, 0.29) is 5.91 Å². The predicted octanol–water partition coefficient (Wildman–Crippen LogP) is 5.71. The van der Waals surface area contributed by atoms with E-state index in [9.17, 15) is 4.79 Å². The number of hydrogen-bond donors (Lipinski definition) is 2. The number of rotatable bonds is 7. The first-order valence-electron chi connectivity index (χ1n) is 13.9. The topological polar surface area (TPSA) is 95.9 Å². The Morgan fingerprint density at radius 3 is 2.23 bits per heavy atom. The lowest BCUT2D eigenvalue weighted by Gasteiger charge is -2.29. The average Bonchev–Trinajstić information content (AvgIpc) is 3.00. The molecule has 202 valence electrons. The van der Waals surface area contributed by atoms with Gasteiger partial charge in [-0.05, 0) is 49.8 Å². The fourth-order valence-corrected chi connectivity index (χ4v) is 5.57. The number of carbonyl (C=O) groups is 1. The number of carbonyl (C=O) groups excluding carboxylic acids is 1. The fourth-order valence-electron chi connectivity index (χ4n) is 5.57. The molecule has 1 saturated carbocycles. The van der Waals surface area contributed by atoms with Crippen LogP contribution >= 0.6 is 0 Å². The summed E-state index contributed by atoms with van der Waals surface area (Å²) < 4.78 is 0. The molecule has 1 fully saturated rings. The van der Waals surface area contributed by atoms with Crippen LogP contribution in [0.1, 0.15) is 36.0 Å². The zero-order chi connectivity index (χ0) is 27.5. The van der Waals surface area contributed by atoms with E-state index in [2.05, 4.69) is 26.9 Å². The standard InChI is InChI=1S/C32H33N7O/c1-39(2)30-25-13-7-8-14-26(25)35-32(36-30)34-23-18-16-21(17-19-23)20-33-31(40)28-24-12-6-9-15-27(24)37-38-29(28)22-10-4-3-5-11-22/h3-15,21,23H,16-20H2,1-2H3,(H,33,40)(H,34,35,36). The van der Waals surface area contributed by atoms with Crippen molar-refractivity contribution < 1.29 is 4.79 Å². The molecule has 0 bridgehead atoms. The Morgan fingerprint density at radius 2 is 1.48 bits per heavy atom. The van der Waals surface area contributed by atoms with Crippen LogP contribution in [0, 0.1) is 5.92 Å². The van der Waals surface area contributed by atoms with Gasteiger partial charge in [0.2, 0.25) is 5.95 Å². The van der Waals surface area contributed by atoms with Crippen molar-refractivity contribution in [1.82, 2.24) is 25.5 Å². The molecule has 2 heterocycles. The minimum absolute atomic E-state index is 0.106. The van der Waals surface area contributed by atoms with Crippen LogP contribution in [-0.4, -0.2) is 52.8 Å². The van der Waals surface area contributed by atoms with Crippen molar-refractivity contribution in [2.24, 2.45) is 5.92 Å². The highest BCUT2D eigenvalue weighted by Crippen LogP contribution is 2.30. The average molecular weight is 532 g/mol. The van der Waals surface area contributed by atoms with Crippen molar-refractivity contribution >= 4 is 39.5 Å². The van der Waals surface area contributed by atoms with Gasteiger partial charge in [-0.2, -0.15) is 4.98 Å². The number of amides is 1. The summed E-state index contributed by atoms with van der Waals surface area (Å²) in [6.07, 6.45) is 4.05. The lowest BCUT2D eigenvalue weighted by Crippen LogP contribution is -2.34. The number of anilines is 2. The second kappa shape index (κ2) is 11.3. The van der Waals surface area contributed by atoms with Gasteiger partial charge < -0.3 is 15.5 Å². The van der Waals surface area contributed by atoms with Crippen molar-refractivity contribution in [2.45, 2.75) is 31.7 Å². The van der Waals surface area contributed by atoms with Gasteiger partial charge in [0.1, 0.15) is 11.5 Å². The zero-order valence-electron chi connectivity index (χ0n) is 22.8. The van der Waals surface area contributed by atoms with E-state index < -0.39 is 0 Å². The van der Waals surface area contributed by atoms with Gasteiger partial charge in [-0.15, -0.1) is 10.2 Å². The number of nitrogens with one attached hydrogen (secondary N) is 2. The van der Waals surface area contributed by atoms with Crippen LogP contribution < -0.4 is 15.5 Å². The highest BCUT2D eigenvalue weighted by atomic mass is 16.1. The molecule has 0 atom stereocenters. The smallest absolute Gasteiger partial charge is 0.254 e. The van der Waals surface area contributed by atoms with Crippen molar-refractivity contribution in [1.29, 1.82) is 0 Å². The summed E-state index contributed by atoms with van der Waals surface area (Å²) in [5, 5.41) is 17.5. The van der Waals surface area contributed by atoms with Gasteiger partial charge in [0.15, 0.2) is 0 Å². The summed E-state index contributed by atoms with van der Waals surface area (Å²) >= 11 is 0. The molecule has 0 spiro atoms. The molecule has 5 aromatic rings. The number of benzene rings is 3. The summed E-state index contributed by atoms with van der Waals surface area (Å²) in [6.45, 7) is 0.633. The summed E-state index contributed by atoms with van der Waals surface area (Å²) in [5.41, 5.74) is 3.72. The van der Waals surface area contributed by atoms with Crippen molar-refractivity contribution in [2.75, 3.05) is 30.9 Å². The summed E-state index contributed by atoms with van der Waals surface area (Å²) in [4.78, 5) is 25.2. The van der Waals surface area contributed by atoms with E-state index in [1.54, 1.807) is 0 Å². The lowest BCUT2D eigenvalue weighted by molar-refractivity contribution is 0.0945. The minimum Gasteiger partial charge on any atom is -0.362 e. The van der Waals surface area contributed by atoms with Crippen LogP contribution in [-0.2, 0) is 0 Å². The lowest BCUT2D eigenvalue weighted by atomic mass is 9.86. The first-order chi connectivity index (χ1) is 19.6. The van der Waals surface area contributed by atoms with Crippen LogP contribution in [0.5, 0.6) is 0 Å². The molecule has 0 saturated heterocycles. The fraction of sp³-hybridized carbons (Fsp3) is 0.281. The summed E-state index contributed by atoms with van der Waals surface area (Å²) in [6, 6.07) is 25.9. The molecule has 8 nitrogen and oxygen atoms in total. The van der Waals surface area contributed by atoms with Gasteiger partial charge in [0.25, 0.3) is 5.91 Å². The van der Waals surface area contributed by atoms with Crippen LogP contribution in [0.4, 0.5) is 11.8 Å². The van der Waals surface area contributed by atoms with Gasteiger partial charge >= 0.3 is 0 Å². The highest BCUT2D eigenvalue weighted by molar-refractivity contribution is 6.10. The highest BCUT2D eigenvalue weighted by Gasteiger charge is 2.24. The Morgan fingerprint density at radius 1 is 0.800 bits per heavy atom. The SMILES string of the molecule is CN(C)c1nc(NC2CCC(CNC(=O)c3c(-c4ccccc4)nnc4ccccc34)CC2)nc2ccccc12. The maximum absolute atomic E-state index is 13.6. The molecule has 0 unspecified atom stereocenters. The molecule has 0 radical (unpaired) electrons. The van der Waals surface area contributed by atoms with Gasteiger partial charge in [-0.1, -0.05) is 60.7 Å². The van der Waals surface area contributed by atoms with Crippen molar-refractivity contribution in [3.05, 3.63) is 84.4 Å². The van der Waals surface area contributed by atoms with Crippen LogP contribution in [0.3, 0.4) is 0 Å². The molecular formula is C32H33N7O. The van der Waals surface area contributed by atoms with Crippen molar-refractivity contribution in [3.8, 4) is 11.3 Å². The molecule has 6 rings (SSSR count). The molecule has 2 N–H and O–H groups in total. The second-order valence-corrected chi connectivity index (χ2v) is 10.7. The van der Waals surface area contributed by atoms with Crippen LogP contribution in [0.25, 0.3) is 33.1 Å². The van der Waals surface area contributed by atoms with Gasteiger partial charge in [0, 0.05) is 43.0 Å². The first kappa shape index (κ1) is 25.7. The maximum atomic E-state index is 13.6. The second-order valence-electron chi connectivity index (χ2n) is 10.7. The molecule has 2 aromatic heterocycles. The first-order valence-corrected chi connectivity index (χ1v) is 13.9. The molecule has 3 aromatic carbocycles. The Labute approximate surface area is 233 Å². The third kappa shape index (κ3) is 5.30. The minimum atomic E-state index is -0.106. The van der Waals surface area contributed by atoms with Crippen molar-refractivity contribution in [3.63, 3.8) is 0 Å². The molecular weight excluding hydrogens is 498 g/mol. The Bertz CT molecular complexity index is 1650. The number of hydrogen-bond acceptors (Lipinski definition) is 7. The van der Waals surface area contributed by atoms with Gasteiger partial charge in [-0.25, -0.2) is 4.98 Å². The van der Waals surface area contributed by atoms with Crippen LogP contribution in [0.2, 0.25) is 0 Å². The normalized spacial score (nSPS) is 17.1. The Hall–Kier alpha value is -4.59. The van der Waals surface area contributed by atoms with E-state index >= 15 is 0 Å². The molecule has 8 heteroatoms. The van der Waals surface area contributed by atoms with E-state index in [0.29, 0.717) is 41.2 Å². The number of para-hydroxylation sites is 1. The predicted molar refractivity (Wildman–Crippen MR) is 161 cm³/mol. The third-order valence-electron chi connectivity index (χ3n) is 7.68. The van der Waals surface area contributed by atoms with E-state index in [1.807, 2.05) is 91.8 Å². The quantitative estimate of drug-likeness (QED) is 0.278. The molecule has 1 amide bonds. The summed E-state index contributed by atoms with van der Waals surface area (Å²) in [7, 11) is 4.01. The Kier molecular flexibility index (Phi) is 7.23. The summed E-state index contributed by atoms with van der Waals surface area (Å²) in [5.74, 6) is 1.89. The van der Waals surface area contributed by atoms with E-state index in [4.69, 9.17) is 9.97 Å². The molecule has 1 aliphatic carbocycles. The van der Waals surface area contributed by atoms with E-state index in [0.717, 1.165) is 53.4 Å². The molecule has 40 heavy (non-hydrogen) atoms. The van der Waals surface area contributed by atoms with Crippen LogP contribution in [0.15, 0.2) is 78.9 Å². The van der Waals surface area contributed by atoms with E-state index in [1.165, 1.54) is 0 Å². The number of aromatic nitrogens is 4. The zero-order valence-corrected chi connectivity index (χ0v) is 22.8. The number of fused-ring (bicyclic) bond motifs is 2. The third-order valence-corrected chi connectivity index (χ3v) is 7.68. The molecule has 1 aliphatic rings. The maximum Gasteiger partial charge on any atom is 0.254 e. The monoisotopic (exact) mass is 531 g/mol. The van der Waals surface area contributed by atoms with Gasteiger partial charge in [-0.3, -0.25) is 4.79 Å². The largest absolute Gasteiger partial charge is 0.362 e. The molecule has 0 aliphatic heterocycles. The van der Waals surface area contributed by atoms with Gasteiger partial charge in [0.05, 0.1) is 16.6 Å².